The molecule has 6 heterocycles. The second kappa shape index (κ2) is 10.1. The van der Waals surface area contributed by atoms with Gasteiger partial charge in [0.25, 0.3) is 18.1 Å². The number of aromatic nitrogens is 5. The van der Waals surface area contributed by atoms with E-state index in [0.29, 0.717) is 11.3 Å². The summed E-state index contributed by atoms with van der Waals surface area (Å²) in [4.78, 5) is 23.5. The zero-order chi connectivity index (χ0) is 21.1. The van der Waals surface area contributed by atoms with E-state index < -0.39 is 6.43 Å². The first-order valence-corrected chi connectivity index (χ1v) is 10.5. The quantitative estimate of drug-likeness (QED) is 0.403. The molecule has 1 amide bonds. The Kier molecular flexibility index (Phi) is 7.83. The van der Waals surface area contributed by atoms with Crippen LogP contribution in [0.1, 0.15) is 59.8 Å². The number of hydrogen-bond donors (Lipinski definition) is 0. The molecular formula is C22H26F2N6OS3. The summed E-state index contributed by atoms with van der Waals surface area (Å²) in [5.41, 5.74) is 2.02. The molecule has 2 aliphatic heterocycles. The van der Waals surface area contributed by atoms with Crippen LogP contribution in [0.15, 0.2) is 49.1 Å². The fourth-order valence-corrected chi connectivity index (χ4v) is 5.36. The number of amides is 1. The van der Waals surface area contributed by atoms with Crippen molar-refractivity contribution in [2.24, 2.45) is 0 Å². The maximum absolute atomic E-state index is 13.5. The van der Waals surface area contributed by atoms with Crippen LogP contribution in [-0.2, 0) is 0 Å². The molecule has 12 heteroatoms. The molecule has 4 aromatic heterocycles. The molecule has 7 nitrogen and oxygen atoms in total. The van der Waals surface area contributed by atoms with E-state index in [0.717, 1.165) is 31.2 Å². The number of carbonyl (C=O) groups is 1. The average molecular weight is 525 g/mol. The Balaban J connectivity index is 0.00000108. The summed E-state index contributed by atoms with van der Waals surface area (Å²) in [5, 5.41) is 4.22. The summed E-state index contributed by atoms with van der Waals surface area (Å²) in [7, 11) is 0. The highest BCUT2D eigenvalue weighted by Crippen LogP contribution is 2.45. The van der Waals surface area contributed by atoms with Crippen LogP contribution < -0.4 is 0 Å². The maximum Gasteiger partial charge on any atom is 0.280 e. The molecule has 2 aliphatic rings. The van der Waals surface area contributed by atoms with Gasteiger partial charge >= 0.3 is 0 Å². The lowest BCUT2D eigenvalue weighted by atomic mass is 9.86. The first kappa shape index (κ1) is 26.3. The Hall–Kier alpha value is -2.31. The zero-order valence-corrected chi connectivity index (χ0v) is 21.1. The average Bonchev–Trinajstić information content (AvgIpc) is 3.50. The van der Waals surface area contributed by atoms with Crippen LogP contribution in [0.25, 0.3) is 11.3 Å². The van der Waals surface area contributed by atoms with E-state index in [-0.39, 0.29) is 75.9 Å². The van der Waals surface area contributed by atoms with Crippen LogP contribution in [0.5, 0.6) is 0 Å². The molecule has 0 N–H and O–H groups in total. The topological polar surface area (TPSA) is 67.8 Å². The molecule has 0 radical (unpaired) electrons. The number of halogens is 2. The van der Waals surface area contributed by atoms with Gasteiger partial charge in [-0.2, -0.15) is 50.6 Å². The number of alkyl halides is 2. The van der Waals surface area contributed by atoms with Crippen molar-refractivity contribution in [3.8, 4) is 0 Å². The third kappa shape index (κ3) is 4.16. The molecule has 34 heavy (non-hydrogen) atoms. The molecule has 0 unspecified atom stereocenters. The normalized spacial score (nSPS) is 21.3. The summed E-state index contributed by atoms with van der Waals surface area (Å²) in [6.45, 7) is 0. The Bertz CT molecular complexity index is 1310. The molecule has 6 rings (SSSR count). The van der Waals surface area contributed by atoms with E-state index in [2.05, 4.69) is 15.1 Å². The van der Waals surface area contributed by atoms with E-state index in [1.807, 2.05) is 46.0 Å². The first-order chi connectivity index (χ1) is 15.1. The number of pyridine rings is 1. The van der Waals surface area contributed by atoms with Gasteiger partial charge in [0.15, 0.2) is 0 Å². The third-order valence-corrected chi connectivity index (χ3v) is 6.73. The fraction of sp³-hybridized carbons (Fsp3) is 0.364. The molecule has 2 fully saturated rings. The van der Waals surface area contributed by atoms with Crippen molar-refractivity contribution in [3.63, 3.8) is 0 Å². The van der Waals surface area contributed by atoms with Crippen molar-refractivity contribution in [1.29, 1.82) is 0 Å². The molecule has 0 aliphatic carbocycles. The molecule has 182 valence electrons. The number of piperidine rings is 1. The predicted octanol–water partition coefficient (Wildman–Crippen LogP) is 4.20. The van der Waals surface area contributed by atoms with Crippen molar-refractivity contribution in [2.45, 2.75) is 50.1 Å². The van der Waals surface area contributed by atoms with Gasteiger partial charge in [-0.1, -0.05) is 0 Å². The molecule has 2 saturated heterocycles. The second-order valence-electron chi connectivity index (χ2n) is 8.33. The van der Waals surface area contributed by atoms with Gasteiger partial charge in [0.1, 0.15) is 12.0 Å². The third-order valence-electron chi connectivity index (χ3n) is 6.73. The number of nitrogens with zero attached hydrogens (tertiary/aromatic N) is 6. The van der Waals surface area contributed by atoms with E-state index in [9.17, 15) is 13.6 Å². The summed E-state index contributed by atoms with van der Waals surface area (Å²) >= 11 is 0. The molecule has 0 spiro atoms. The minimum absolute atomic E-state index is 0. The van der Waals surface area contributed by atoms with Crippen LogP contribution in [0.3, 0.4) is 0 Å². The van der Waals surface area contributed by atoms with Gasteiger partial charge in [-0.3, -0.25) is 4.79 Å². The number of carbonyl (C=O) groups excluding carboxylic acids is 1. The van der Waals surface area contributed by atoms with Crippen LogP contribution in [0, 0.1) is 0 Å². The Labute approximate surface area is 215 Å². The smallest absolute Gasteiger partial charge is 0.280 e. The van der Waals surface area contributed by atoms with E-state index >= 15 is 0 Å². The highest BCUT2D eigenvalue weighted by molar-refractivity contribution is 7.59. The maximum atomic E-state index is 13.5. The summed E-state index contributed by atoms with van der Waals surface area (Å²) < 4.78 is 30.4. The SMILES string of the molecule is O=C(c1ccc2cccn2c1)N1[C@H]2CC[C@H](c3cc(C(F)F)nc4ncnn34)[C@@H]1CC2.S.S.S. The number of hydrogen-bond acceptors (Lipinski definition) is 4. The molecule has 0 aromatic carbocycles. The van der Waals surface area contributed by atoms with E-state index in [1.54, 1.807) is 4.52 Å². The van der Waals surface area contributed by atoms with Crippen molar-refractivity contribution in [1.82, 2.24) is 28.9 Å². The van der Waals surface area contributed by atoms with Crippen molar-refractivity contribution < 1.29 is 13.6 Å². The molecular weight excluding hydrogens is 498 g/mol. The van der Waals surface area contributed by atoms with Gasteiger partial charge in [0.05, 0.1) is 11.3 Å². The fourth-order valence-electron chi connectivity index (χ4n) is 5.36. The van der Waals surface area contributed by atoms with Gasteiger partial charge in [-0.05, 0) is 56.0 Å². The van der Waals surface area contributed by atoms with Crippen LogP contribution in [0.2, 0.25) is 0 Å². The van der Waals surface area contributed by atoms with Crippen LogP contribution in [0.4, 0.5) is 8.78 Å². The van der Waals surface area contributed by atoms with Gasteiger partial charge in [-0.15, -0.1) is 0 Å². The second-order valence-corrected chi connectivity index (χ2v) is 8.33. The zero-order valence-electron chi connectivity index (χ0n) is 18.1. The van der Waals surface area contributed by atoms with Crippen molar-refractivity contribution in [3.05, 3.63) is 66.0 Å². The monoisotopic (exact) mass is 524 g/mol. The molecule has 2 bridgehead atoms. The van der Waals surface area contributed by atoms with Gasteiger partial charge in [-0.25, -0.2) is 18.3 Å². The first-order valence-electron chi connectivity index (χ1n) is 10.5. The minimum Gasteiger partial charge on any atom is -0.332 e. The highest BCUT2D eigenvalue weighted by atomic mass is 32.1. The highest BCUT2D eigenvalue weighted by Gasteiger charge is 2.46. The predicted molar refractivity (Wildman–Crippen MR) is 139 cm³/mol. The molecule has 3 atom stereocenters. The largest absolute Gasteiger partial charge is 0.332 e. The van der Waals surface area contributed by atoms with Crippen molar-refractivity contribution in [2.75, 3.05) is 0 Å². The number of fused-ring (bicyclic) bond motifs is 4. The van der Waals surface area contributed by atoms with Gasteiger partial charge < -0.3 is 9.30 Å². The van der Waals surface area contributed by atoms with Crippen LogP contribution in [-0.4, -0.2) is 46.9 Å². The molecule has 0 saturated carbocycles. The van der Waals surface area contributed by atoms with Crippen molar-refractivity contribution >= 4 is 57.7 Å². The Morgan fingerprint density at radius 3 is 2.65 bits per heavy atom. The summed E-state index contributed by atoms with van der Waals surface area (Å²) in [5.74, 6) is 0.0670. The minimum atomic E-state index is -2.69. The Morgan fingerprint density at radius 2 is 1.85 bits per heavy atom. The Morgan fingerprint density at radius 1 is 1.06 bits per heavy atom. The van der Waals surface area contributed by atoms with E-state index in [1.165, 1.54) is 12.4 Å². The van der Waals surface area contributed by atoms with Gasteiger partial charge in [0, 0.05) is 35.9 Å². The van der Waals surface area contributed by atoms with Gasteiger partial charge in [0.2, 0.25) is 0 Å². The molecule has 4 aromatic rings. The number of rotatable bonds is 3. The standard InChI is InChI=1S/C22H20F2N6O.3H2S/c23-20(24)17-10-19(30-22(27-17)25-12-26-30)16-7-5-15-6-8-18(16)29(15)21(31)13-3-4-14-2-1-9-28(14)11-13;;;/h1-4,9-12,15-16,18,20H,5-8H2;3*1H2/t15-,16-,18-;;;/m0.../s1. The lowest BCUT2D eigenvalue weighted by Crippen LogP contribution is -2.47. The van der Waals surface area contributed by atoms with Crippen LogP contribution >= 0.6 is 40.5 Å². The van der Waals surface area contributed by atoms with E-state index in [4.69, 9.17) is 0 Å². The summed E-state index contributed by atoms with van der Waals surface area (Å²) in [6, 6.07) is 9.28. The summed E-state index contributed by atoms with van der Waals surface area (Å²) in [6.07, 6.45) is 5.84. The lowest BCUT2D eigenvalue weighted by Gasteiger charge is -2.40. The lowest BCUT2D eigenvalue weighted by molar-refractivity contribution is 0.0553.